The van der Waals surface area contributed by atoms with Crippen molar-refractivity contribution in [3.63, 3.8) is 0 Å². The second-order valence-corrected chi connectivity index (χ2v) is 7.51. The molecule has 2 aliphatic heterocycles. The highest BCUT2D eigenvalue weighted by molar-refractivity contribution is 5.20. The van der Waals surface area contributed by atoms with E-state index in [2.05, 4.69) is 45.0 Å². The fourth-order valence-corrected chi connectivity index (χ4v) is 4.25. The van der Waals surface area contributed by atoms with Crippen molar-refractivity contribution in [1.29, 1.82) is 0 Å². The number of quaternary nitrogens is 2. The summed E-state index contributed by atoms with van der Waals surface area (Å²) in [5.74, 6) is 0. The van der Waals surface area contributed by atoms with Gasteiger partial charge in [-0.3, -0.25) is 0 Å². The minimum absolute atomic E-state index is 0.427. The van der Waals surface area contributed by atoms with Crippen molar-refractivity contribution in [3.8, 4) is 0 Å². The Hall–Kier alpha value is -0.900. The summed E-state index contributed by atoms with van der Waals surface area (Å²) in [6, 6.07) is 9.93. The Kier molecular flexibility index (Phi) is 5.17. The van der Waals surface area contributed by atoms with Crippen molar-refractivity contribution in [2.45, 2.75) is 58.4 Å². The third kappa shape index (κ3) is 4.09. The van der Waals surface area contributed by atoms with Crippen LogP contribution in [0.1, 0.15) is 37.8 Å². The first-order valence-electron chi connectivity index (χ1n) is 8.99. The Bertz CT molecular complexity index is 455. The number of aryl methyl sites for hydroxylation is 1. The van der Waals surface area contributed by atoms with Gasteiger partial charge < -0.3 is 14.5 Å². The first-order chi connectivity index (χ1) is 10.6. The number of rotatable bonds is 3. The average molecular weight is 304 g/mol. The number of likely N-dealkylation sites (tertiary alicyclic amines) is 1. The molecule has 0 spiro atoms. The molecule has 3 rings (SSSR count). The van der Waals surface area contributed by atoms with Crippen LogP contribution in [0.2, 0.25) is 0 Å². The lowest BCUT2D eigenvalue weighted by Gasteiger charge is -2.39. The summed E-state index contributed by atoms with van der Waals surface area (Å²) < 4.78 is 5.89. The lowest BCUT2D eigenvalue weighted by molar-refractivity contribution is -0.970. The number of ether oxygens (including phenoxy) is 1. The number of benzene rings is 1. The highest BCUT2D eigenvalue weighted by Crippen LogP contribution is 2.05. The molecule has 2 aliphatic rings. The molecule has 0 saturated carbocycles. The normalized spacial score (nSPS) is 36.2. The number of nitrogens with one attached hydrogen (secondary N) is 2. The standard InChI is InChI=1S/C19H30N2O/c1-15-4-6-18(7-5-15)14-20-10-8-19(9-11-20)21-12-16(2)22-17(3)13-21/h4-7,16-17,19H,8-14H2,1-3H3/p+2/t16-,17-/m1/s1. The van der Waals surface area contributed by atoms with Gasteiger partial charge in [0.05, 0.1) is 19.1 Å². The van der Waals surface area contributed by atoms with Gasteiger partial charge in [-0.05, 0) is 20.8 Å². The van der Waals surface area contributed by atoms with Gasteiger partial charge in [0.1, 0.15) is 31.8 Å². The van der Waals surface area contributed by atoms with Crippen molar-refractivity contribution in [2.75, 3.05) is 26.2 Å². The summed E-state index contributed by atoms with van der Waals surface area (Å²) in [4.78, 5) is 3.55. The predicted molar refractivity (Wildman–Crippen MR) is 89.3 cm³/mol. The van der Waals surface area contributed by atoms with Crippen LogP contribution in [0.3, 0.4) is 0 Å². The lowest BCUT2D eigenvalue weighted by atomic mass is 10.0. The summed E-state index contributed by atoms with van der Waals surface area (Å²) in [6.07, 6.45) is 3.60. The van der Waals surface area contributed by atoms with Crippen LogP contribution in [0, 0.1) is 6.92 Å². The van der Waals surface area contributed by atoms with Crippen LogP contribution >= 0.6 is 0 Å². The van der Waals surface area contributed by atoms with E-state index in [0.717, 1.165) is 6.04 Å². The predicted octanol–water partition coefficient (Wildman–Crippen LogP) is 0.234. The van der Waals surface area contributed by atoms with Gasteiger partial charge in [-0.2, -0.15) is 0 Å². The van der Waals surface area contributed by atoms with E-state index in [1.807, 2.05) is 0 Å². The van der Waals surface area contributed by atoms with E-state index in [1.54, 1.807) is 9.80 Å². The van der Waals surface area contributed by atoms with Crippen molar-refractivity contribution >= 4 is 0 Å². The first-order valence-corrected chi connectivity index (χ1v) is 8.99. The van der Waals surface area contributed by atoms with Gasteiger partial charge in [-0.25, -0.2) is 0 Å². The van der Waals surface area contributed by atoms with Crippen molar-refractivity contribution < 1.29 is 14.5 Å². The Labute approximate surface area is 135 Å². The summed E-state index contributed by atoms with van der Waals surface area (Å²) in [5.41, 5.74) is 2.84. The summed E-state index contributed by atoms with van der Waals surface area (Å²) in [5, 5.41) is 0. The smallest absolute Gasteiger partial charge is 0.104 e. The van der Waals surface area contributed by atoms with Crippen LogP contribution in [-0.2, 0) is 11.3 Å². The van der Waals surface area contributed by atoms with Gasteiger partial charge in [0.25, 0.3) is 0 Å². The van der Waals surface area contributed by atoms with Crippen molar-refractivity contribution in [3.05, 3.63) is 35.4 Å². The van der Waals surface area contributed by atoms with Gasteiger partial charge in [0.15, 0.2) is 0 Å². The maximum absolute atomic E-state index is 5.89. The summed E-state index contributed by atoms with van der Waals surface area (Å²) in [6.45, 7) is 12.9. The molecular formula is C19H32N2O+2. The van der Waals surface area contributed by atoms with Crippen LogP contribution < -0.4 is 9.80 Å². The number of morpholine rings is 1. The number of hydrogen-bond acceptors (Lipinski definition) is 1. The zero-order valence-corrected chi connectivity index (χ0v) is 14.4. The van der Waals surface area contributed by atoms with E-state index >= 15 is 0 Å². The maximum Gasteiger partial charge on any atom is 0.104 e. The highest BCUT2D eigenvalue weighted by atomic mass is 16.5. The van der Waals surface area contributed by atoms with E-state index in [1.165, 1.54) is 56.7 Å². The molecule has 3 heteroatoms. The second kappa shape index (κ2) is 7.12. The highest BCUT2D eigenvalue weighted by Gasteiger charge is 2.34. The van der Waals surface area contributed by atoms with Crippen molar-refractivity contribution in [1.82, 2.24) is 0 Å². The van der Waals surface area contributed by atoms with E-state index in [4.69, 9.17) is 4.74 Å². The molecule has 2 atom stereocenters. The molecule has 1 aromatic rings. The monoisotopic (exact) mass is 304 g/mol. The van der Waals surface area contributed by atoms with Gasteiger partial charge in [-0.1, -0.05) is 29.8 Å². The minimum atomic E-state index is 0.427. The molecule has 1 aromatic carbocycles. The van der Waals surface area contributed by atoms with E-state index in [9.17, 15) is 0 Å². The fourth-order valence-electron chi connectivity index (χ4n) is 4.25. The van der Waals surface area contributed by atoms with Gasteiger partial charge >= 0.3 is 0 Å². The summed E-state index contributed by atoms with van der Waals surface area (Å²) >= 11 is 0. The Morgan fingerprint density at radius 3 is 2.18 bits per heavy atom. The molecule has 0 aliphatic carbocycles. The fraction of sp³-hybridized carbons (Fsp3) is 0.684. The zero-order chi connectivity index (χ0) is 15.5. The van der Waals surface area contributed by atoms with Crippen LogP contribution in [-0.4, -0.2) is 44.4 Å². The molecule has 0 unspecified atom stereocenters. The van der Waals surface area contributed by atoms with E-state index < -0.39 is 0 Å². The lowest BCUT2D eigenvalue weighted by Crippen LogP contribution is -3.22. The molecule has 2 N–H and O–H groups in total. The Balaban J connectivity index is 1.48. The molecule has 2 fully saturated rings. The third-order valence-corrected chi connectivity index (χ3v) is 5.41. The Morgan fingerprint density at radius 1 is 1.00 bits per heavy atom. The molecule has 0 aromatic heterocycles. The first kappa shape index (κ1) is 16.0. The van der Waals surface area contributed by atoms with Crippen LogP contribution in [0.25, 0.3) is 0 Å². The van der Waals surface area contributed by atoms with Crippen LogP contribution in [0.4, 0.5) is 0 Å². The zero-order valence-electron chi connectivity index (χ0n) is 14.4. The molecule has 0 amide bonds. The van der Waals surface area contributed by atoms with Gasteiger partial charge in [0.2, 0.25) is 0 Å². The molecule has 122 valence electrons. The average Bonchev–Trinajstić information content (AvgIpc) is 2.49. The molecule has 0 bridgehead atoms. The van der Waals surface area contributed by atoms with Crippen molar-refractivity contribution in [2.24, 2.45) is 0 Å². The van der Waals surface area contributed by atoms with E-state index in [-0.39, 0.29) is 0 Å². The molecular weight excluding hydrogens is 272 g/mol. The molecule has 0 radical (unpaired) electrons. The molecule has 3 nitrogen and oxygen atoms in total. The maximum atomic E-state index is 5.89. The summed E-state index contributed by atoms with van der Waals surface area (Å²) in [7, 11) is 0. The molecule has 22 heavy (non-hydrogen) atoms. The second-order valence-electron chi connectivity index (χ2n) is 7.51. The third-order valence-electron chi connectivity index (χ3n) is 5.41. The van der Waals surface area contributed by atoms with E-state index in [0.29, 0.717) is 12.2 Å². The largest absolute Gasteiger partial charge is 0.364 e. The van der Waals surface area contributed by atoms with Gasteiger partial charge in [-0.15, -0.1) is 0 Å². The SMILES string of the molecule is Cc1ccc(C[NH+]2CCC([NH+]3C[C@@H](C)O[C@H](C)C3)CC2)cc1. The topological polar surface area (TPSA) is 18.1 Å². The molecule has 2 heterocycles. The van der Waals surface area contributed by atoms with Gasteiger partial charge in [0, 0.05) is 18.4 Å². The van der Waals surface area contributed by atoms with Crippen LogP contribution in [0.5, 0.6) is 0 Å². The van der Waals surface area contributed by atoms with Crippen LogP contribution in [0.15, 0.2) is 24.3 Å². The Morgan fingerprint density at radius 2 is 1.59 bits per heavy atom. The number of piperidine rings is 1. The molecule has 2 saturated heterocycles. The quantitative estimate of drug-likeness (QED) is 0.818. The minimum Gasteiger partial charge on any atom is -0.364 e. The number of hydrogen-bond donors (Lipinski definition) is 2.